The van der Waals surface area contributed by atoms with Crippen molar-refractivity contribution in [1.82, 2.24) is 19.4 Å². The molecule has 0 aliphatic carbocycles. The molecule has 0 fully saturated rings. The van der Waals surface area contributed by atoms with Gasteiger partial charge in [-0.05, 0) is 19.9 Å². The van der Waals surface area contributed by atoms with Crippen molar-refractivity contribution in [2.24, 2.45) is 13.0 Å². The van der Waals surface area contributed by atoms with E-state index in [1.807, 2.05) is 50.8 Å². The molecule has 22 heavy (non-hydrogen) atoms. The zero-order valence-electron chi connectivity index (χ0n) is 13.6. The molecular formula is C17H20N4O. The number of hydrogen-bond donors (Lipinski definition) is 0. The van der Waals surface area contributed by atoms with E-state index in [0.29, 0.717) is 5.56 Å². The molecule has 0 unspecified atom stereocenters. The van der Waals surface area contributed by atoms with Crippen LogP contribution in [-0.2, 0) is 7.05 Å². The highest BCUT2D eigenvalue weighted by Crippen LogP contribution is 2.27. The van der Waals surface area contributed by atoms with Crippen molar-refractivity contribution in [2.45, 2.75) is 27.7 Å². The normalized spacial score (nSPS) is 11.5. The Bertz CT molecular complexity index is 870. The first-order chi connectivity index (χ1) is 10.4. The number of pyridine rings is 1. The largest absolute Gasteiger partial charge is 0.294 e. The molecule has 0 saturated heterocycles. The van der Waals surface area contributed by atoms with Crippen LogP contribution in [0, 0.1) is 19.8 Å². The van der Waals surface area contributed by atoms with E-state index in [9.17, 15) is 4.79 Å². The van der Waals surface area contributed by atoms with E-state index in [4.69, 9.17) is 0 Å². The Morgan fingerprint density at radius 2 is 1.95 bits per heavy atom. The fourth-order valence-electron chi connectivity index (χ4n) is 2.82. The molecule has 0 bridgehead atoms. The minimum Gasteiger partial charge on any atom is -0.294 e. The summed E-state index contributed by atoms with van der Waals surface area (Å²) < 4.78 is 3.66. The van der Waals surface area contributed by atoms with Crippen molar-refractivity contribution in [3.8, 4) is 11.1 Å². The lowest BCUT2D eigenvalue weighted by atomic mass is 10.0. The van der Waals surface area contributed by atoms with Crippen molar-refractivity contribution in [2.75, 3.05) is 0 Å². The Morgan fingerprint density at radius 1 is 1.23 bits per heavy atom. The van der Waals surface area contributed by atoms with Gasteiger partial charge in [0.05, 0.1) is 23.0 Å². The minimum absolute atomic E-state index is 0.0320. The number of hydrogen-bond acceptors (Lipinski definition) is 3. The van der Waals surface area contributed by atoms with Gasteiger partial charge in [-0.2, -0.15) is 10.2 Å². The number of aryl methyl sites for hydroxylation is 2. The molecule has 3 heterocycles. The first kappa shape index (κ1) is 14.5. The number of fused-ring (bicyclic) bond motifs is 1. The Hall–Kier alpha value is -2.43. The van der Waals surface area contributed by atoms with Crippen molar-refractivity contribution < 1.29 is 4.79 Å². The summed E-state index contributed by atoms with van der Waals surface area (Å²) in [5.41, 5.74) is 5.81. The van der Waals surface area contributed by atoms with E-state index >= 15 is 0 Å². The average molecular weight is 296 g/mol. The molecule has 5 heteroatoms. The van der Waals surface area contributed by atoms with E-state index in [1.165, 1.54) is 0 Å². The van der Waals surface area contributed by atoms with Crippen LogP contribution in [0.3, 0.4) is 0 Å². The number of nitrogens with zero attached hydrogens (tertiary/aromatic N) is 4. The summed E-state index contributed by atoms with van der Waals surface area (Å²) in [4.78, 5) is 12.2. The van der Waals surface area contributed by atoms with Crippen LogP contribution in [-0.4, -0.2) is 25.2 Å². The average Bonchev–Trinajstić information content (AvgIpc) is 2.99. The zero-order chi connectivity index (χ0) is 16.0. The first-order valence-corrected chi connectivity index (χ1v) is 7.42. The Balaban J connectivity index is 2.14. The number of rotatable bonds is 3. The second-order valence-corrected chi connectivity index (χ2v) is 5.99. The molecule has 0 aliphatic rings. The van der Waals surface area contributed by atoms with Gasteiger partial charge in [0.1, 0.15) is 0 Å². The quantitative estimate of drug-likeness (QED) is 0.697. The van der Waals surface area contributed by atoms with E-state index in [2.05, 4.69) is 17.1 Å². The summed E-state index contributed by atoms with van der Waals surface area (Å²) in [6.07, 6.45) is 3.62. The molecule has 0 saturated carbocycles. The molecule has 5 nitrogen and oxygen atoms in total. The van der Waals surface area contributed by atoms with Crippen LogP contribution in [0.4, 0.5) is 0 Å². The highest BCUT2D eigenvalue weighted by molar-refractivity contribution is 6.03. The number of carbonyl (C=O) groups is 1. The van der Waals surface area contributed by atoms with Gasteiger partial charge in [0.25, 0.3) is 0 Å². The van der Waals surface area contributed by atoms with Gasteiger partial charge in [0, 0.05) is 36.0 Å². The smallest absolute Gasteiger partial charge is 0.169 e. The molecule has 0 amide bonds. The summed E-state index contributed by atoms with van der Waals surface area (Å²) in [5.74, 6) is 0.0898. The summed E-state index contributed by atoms with van der Waals surface area (Å²) in [6, 6.07) is 4.00. The first-order valence-electron chi connectivity index (χ1n) is 7.42. The Morgan fingerprint density at radius 3 is 2.55 bits per heavy atom. The topological polar surface area (TPSA) is 52.2 Å². The van der Waals surface area contributed by atoms with Crippen molar-refractivity contribution in [1.29, 1.82) is 0 Å². The maximum absolute atomic E-state index is 12.2. The highest BCUT2D eigenvalue weighted by Gasteiger charge is 2.17. The summed E-state index contributed by atoms with van der Waals surface area (Å²) in [5, 5.41) is 8.80. The predicted octanol–water partition coefficient (Wildman–Crippen LogP) is 3.19. The number of ketones is 1. The van der Waals surface area contributed by atoms with Gasteiger partial charge in [0.15, 0.2) is 5.78 Å². The van der Waals surface area contributed by atoms with Crippen LogP contribution in [0.1, 0.15) is 35.6 Å². The van der Waals surface area contributed by atoms with Crippen LogP contribution in [0.5, 0.6) is 0 Å². The van der Waals surface area contributed by atoms with E-state index in [0.717, 1.165) is 28.0 Å². The molecule has 0 aromatic carbocycles. The third kappa shape index (κ3) is 2.13. The van der Waals surface area contributed by atoms with Gasteiger partial charge in [-0.1, -0.05) is 19.9 Å². The second-order valence-electron chi connectivity index (χ2n) is 5.99. The van der Waals surface area contributed by atoms with Gasteiger partial charge in [-0.15, -0.1) is 0 Å². The Labute approximate surface area is 129 Å². The number of aromatic nitrogens is 4. The SMILES string of the molecule is Cc1nn(C)c(C)c1-c1ccc2c(C(=O)C(C)C)cnn2c1. The number of carbonyl (C=O) groups excluding carboxylic acids is 1. The summed E-state index contributed by atoms with van der Waals surface area (Å²) >= 11 is 0. The maximum atomic E-state index is 12.2. The molecule has 114 valence electrons. The standard InChI is InChI=1S/C17H20N4O/c1-10(2)17(22)14-8-18-21-9-13(6-7-15(14)21)16-11(3)19-20(5)12(16)4/h6-10H,1-5H3. The van der Waals surface area contributed by atoms with Gasteiger partial charge in [-0.3, -0.25) is 9.48 Å². The lowest BCUT2D eigenvalue weighted by Gasteiger charge is -2.05. The lowest BCUT2D eigenvalue weighted by Crippen LogP contribution is -2.06. The lowest BCUT2D eigenvalue weighted by molar-refractivity contribution is 0.0941. The summed E-state index contributed by atoms with van der Waals surface area (Å²) in [7, 11) is 1.94. The molecule has 3 aromatic heterocycles. The number of Topliss-reactive ketones (excluding diaryl/α,β-unsaturated/α-hetero) is 1. The monoisotopic (exact) mass is 296 g/mol. The van der Waals surface area contributed by atoms with Gasteiger partial charge >= 0.3 is 0 Å². The van der Waals surface area contributed by atoms with Gasteiger partial charge in [0.2, 0.25) is 0 Å². The third-order valence-corrected chi connectivity index (χ3v) is 4.10. The predicted molar refractivity (Wildman–Crippen MR) is 86.0 cm³/mol. The molecule has 0 atom stereocenters. The highest BCUT2D eigenvalue weighted by atomic mass is 16.1. The van der Waals surface area contributed by atoms with Gasteiger partial charge in [-0.25, -0.2) is 4.52 Å². The van der Waals surface area contributed by atoms with Crippen LogP contribution < -0.4 is 0 Å². The second kappa shape index (κ2) is 5.09. The van der Waals surface area contributed by atoms with E-state index < -0.39 is 0 Å². The maximum Gasteiger partial charge on any atom is 0.169 e. The third-order valence-electron chi connectivity index (χ3n) is 4.10. The molecule has 0 aliphatic heterocycles. The van der Waals surface area contributed by atoms with E-state index in [-0.39, 0.29) is 11.7 Å². The van der Waals surface area contributed by atoms with Crippen LogP contribution >= 0.6 is 0 Å². The van der Waals surface area contributed by atoms with Crippen LogP contribution in [0.25, 0.3) is 16.6 Å². The molecule has 0 spiro atoms. The molecule has 0 N–H and O–H groups in total. The summed E-state index contributed by atoms with van der Waals surface area (Å²) in [6.45, 7) is 7.87. The minimum atomic E-state index is -0.0320. The fourth-order valence-corrected chi connectivity index (χ4v) is 2.82. The molecule has 0 radical (unpaired) electrons. The van der Waals surface area contributed by atoms with Crippen molar-refractivity contribution in [3.63, 3.8) is 0 Å². The molecule has 3 rings (SSSR count). The van der Waals surface area contributed by atoms with Crippen LogP contribution in [0.2, 0.25) is 0 Å². The zero-order valence-corrected chi connectivity index (χ0v) is 13.6. The molecule has 3 aromatic rings. The van der Waals surface area contributed by atoms with Crippen molar-refractivity contribution >= 4 is 11.3 Å². The fraction of sp³-hybridized carbons (Fsp3) is 0.353. The Kier molecular flexibility index (Phi) is 3.35. The van der Waals surface area contributed by atoms with Gasteiger partial charge < -0.3 is 0 Å². The van der Waals surface area contributed by atoms with Crippen LogP contribution in [0.15, 0.2) is 24.5 Å². The van der Waals surface area contributed by atoms with E-state index in [1.54, 1.807) is 10.7 Å². The molecular weight excluding hydrogens is 276 g/mol. The van der Waals surface area contributed by atoms with Crippen molar-refractivity contribution in [3.05, 3.63) is 41.5 Å².